The minimum absolute atomic E-state index is 0.818. The molecule has 0 radical (unpaired) electrons. The normalized spacial score (nSPS) is 15.2. The van der Waals surface area contributed by atoms with Crippen LogP contribution in [-0.2, 0) is 6.54 Å². The SMILES string of the molecule is CN(C)c1ncc2n1CCCO2. The van der Waals surface area contributed by atoms with E-state index in [1.165, 1.54) is 0 Å². The molecule has 66 valence electrons. The van der Waals surface area contributed by atoms with Crippen LogP contribution in [0.2, 0.25) is 0 Å². The van der Waals surface area contributed by atoms with Crippen LogP contribution >= 0.6 is 0 Å². The summed E-state index contributed by atoms with van der Waals surface area (Å²) in [7, 11) is 3.98. The zero-order valence-corrected chi connectivity index (χ0v) is 7.45. The molecular weight excluding hydrogens is 154 g/mol. The average Bonchev–Trinajstić information content (AvgIpc) is 2.47. The topological polar surface area (TPSA) is 30.3 Å². The van der Waals surface area contributed by atoms with Crippen LogP contribution in [0, 0.1) is 0 Å². The Morgan fingerprint density at radius 3 is 3.17 bits per heavy atom. The van der Waals surface area contributed by atoms with E-state index in [1.54, 1.807) is 6.20 Å². The van der Waals surface area contributed by atoms with Crippen LogP contribution in [-0.4, -0.2) is 30.3 Å². The molecule has 1 aromatic rings. The summed E-state index contributed by atoms with van der Waals surface area (Å²) in [5.41, 5.74) is 0. The lowest BCUT2D eigenvalue weighted by Crippen LogP contribution is -2.20. The summed E-state index contributed by atoms with van der Waals surface area (Å²) in [6, 6.07) is 0. The van der Waals surface area contributed by atoms with E-state index in [0.717, 1.165) is 31.4 Å². The van der Waals surface area contributed by atoms with Gasteiger partial charge in [-0.1, -0.05) is 0 Å². The third kappa shape index (κ3) is 1.03. The molecule has 2 heterocycles. The van der Waals surface area contributed by atoms with E-state index >= 15 is 0 Å². The lowest BCUT2D eigenvalue weighted by molar-refractivity contribution is 0.242. The first-order valence-electron chi connectivity index (χ1n) is 4.14. The molecule has 0 fully saturated rings. The summed E-state index contributed by atoms with van der Waals surface area (Å²) in [6.07, 6.45) is 2.86. The van der Waals surface area contributed by atoms with Gasteiger partial charge in [-0.2, -0.15) is 0 Å². The van der Waals surface area contributed by atoms with Gasteiger partial charge < -0.3 is 9.64 Å². The first-order chi connectivity index (χ1) is 5.79. The molecule has 4 heteroatoms. The molecule has 0 unspecified atom stereocenters. The average molecular weight is 167 g/mol. The zero-order chi connectivity index (χ0) is 8.55. The number of imidazole rings is 1. The van der Waals surface area contributed by atoms with E-state index in [0.29, 0.717) is 0 Å². The quantitative estimate of drug-likeness (QED) is 0.617. The minimum atomic E-state index is 0.818. The molecule has 0 spiro atoms. The van der Waals surface area contributed by atoms with Crippen molar-refractivity contribution in [2.45, 2.75) is 13.0 Å². The molecule has 1 aliphatic heterocycles. The van der Waals surface area contributed by atoms with Crippen molar-refractivity contribution in [3.8, 4) is 5.88 Å². The second kappa shape index (κ2) is 2.69. The van der Waals surface area contributed by atoms with E-state index in [9.17, 15) is 0 Å². The fourth-order valence-electron chi connectivity index (χ4n) is 1.43. The molecule has 4 nitrogen and oxygen atoms in total. The van der Waals surface area contributed by atoms with Crippen molar-refractivity contribution in [1.82, 2.24) is 9.55 Å². The number of aromatic nitrogens is 2. The molecule has 0 bridgehead atoms. The number of ether oxygens (including phenoxy) is 1. The van der Waals surface area contributed by atoms with Crippen molar-refractivity contribution in [3.05, 3.63) is 6.20 Å². The Morgan fingerprint density at radius 2 is 2.42 bits per heavy atom. The molecule has 1 aromatic heterocycles. The number of fused-ring (bicyclic) bond motifs is 1. The summed E-state index contributed by atoms with van der Waals surface area (Å²) in [6.45, 7) is 1.83. The second-order valence-electron chi connectivity index (χ2n) is 3.14. The summed E-state index contributed by atoms with van der Waals surface area (Å²) in [4.78, 5) is 6.26. The highest BCUT2D eigenvalue weighted by atomic mass is 16.5. The van der Waals surface area contributed by atoms with Gasteiger partial charge in [-0.15, -0.1) is 0 Å². The van der Waals surface area contributed by atoms with Crippen molar-refractivity contribution < 1.29 is 4.74 Å². The van der Waals surface area contributed by atoms with E-state index in [4.69, 9.17) is 4.74 Å². The fraction of sp³-hybridized carbons (Fsp3) is 0.625. The summed E-state index contributed by atoms with van der Waals surface area (Å²) < 4.78 is 7.53. The Morgan fingerprint density at radius 1 is 1.58 bits per heavy atom. The van der Waals surface area contributed by atoms with Gasteiger partial charge >= 0.3 is 0 Å². The zero-order valence-electron chi connectivity index (χ0n) is 7.45. The molecule has 0 saturated heterocycles. The van der Waals surface area contributed by atoms with E-state index in [1.807, 2.05) is 19.0 Å². The smallest absolute Gasteiger partial charge is 0.215 e. The maximum absolute atomic E-state index is 5.43. The van der Waals surface area contributed by atoms with Gasteiger partial charge in [0.15, 0.2) is 0 Å². The molecule has 12 heavy (non-hydrogen) atoms. The Hall–Kier alpha value is -1.19. The van der Waals surface area contributed by atoms with Crippen LogP contribution in [0.25, 0.3) is 0 Å². The summed E-state index contributed by atoms with van der Waals surface area (Å²) >= 11 is 0. The predicted octanol–water partition coefficient (Wildman–Crippen LogP) is 0.732. The lowest BCUT2D eigenvalue weighted by atomic mass is 10.4. The number of anilines is 1. The molecular formula is C8H13N3O. The van der Waals surface area contributed by atoms with Gasteiger partial charge in [-0.25, -0.2) is 4.98 Å². The molecule has 0 aromatic carbocycles. The maximum Gasteiger partial charge on any atom is 0.215 e. The Balaban J connectivity index is 2.38. The maximum atomic E-state index is 5.43. The fourth-order valence-corrected chi connectivity index (χ4v) is 1.43. The Labute approximate surface area is 71.8 Å². The van der Waals surface area contributed by atoms with Crippen LogP contribution in [0.4, 0.5) is 5.95 Å². The van der Waals surface area contributed by atoms with Gasteiger partial charge in [0.05, 0.1) is 12.8 Å². The van der Waals surface area contributed by atoms with Crippen LogP contribution in [0.15, 0.2) is 6.20 Å². The van der Waals surface area contributed by atoms with Crippen LogP contribution in [0.5, 0.6) is 5.88 Å². The molecule has 2 rings (SSSR count). The van der Waals surface area contributed by atoms with Crippen LogP contribution in [0.1, 0.15) is 6.42 Å². The number of nitrogens with zero attached hydrogens (tertiary/aromatic N) is 3. The monoisotopic (exact) mass is 167 g/mol. The highest BCUT2D eigenvalue weighted by molar-refractivity contribution is 5.34. The first kappa shape index (κ1) is 7.46. The third-order valence-electron chi connectivity index (χ3n) is 1.97. The third-order valence-corrected chi connectivity index (χ3v) is 1.97. The lowest BCUT2D eigenvalue weighted by Gasteiger charge is -2.19. The van der Waals surface area contributed by atoms with Gasteiger partial charge in [0.25, 0.3) is 0 Å². The van der Waals surface area contributed by atoms with E-state index in [2.05, 4.69) is 9.55 Å². The van der Waals surface area contributed by atoms with Crippen molar-refractivity contribution in [2.24, 2.45) is 0 Å². The first-order valence-corrected chi connectivity index (χ1v) is 4.14. The van der Waals surface area contributed by atoms with Gasteiger partial charge in [0.2, 0.25) is 11.8 Å². The number of rotatable bonds is 1. The number of hydrogen-bond donors (Lipinski definition) is 0. The molecule has 0 aliphatic carbocycles. The summed E-state index contributed by atoms with van der Waals surface area (Å²) in [5, 5.41) is 0. The Kier molecular flexibility index (Phi) is 1.67. The van der Waals surface area contributed by atoms with Gasteiger partial charge in [-0.3, -0.25) is 4.57 Å². The van der Waals surface area contributed by atoms with Gasteiger partial charge in [0.1, 0.15) is 0 Å². The predicted molar refractivity (Wildman–Crippen MR) is 46.7 cm³/mol. The van der Waals surface area contributed by atoms with Crippen molar-refractivity contribution in [3.63, 3.8) is 0 Å². The van der Waals surface area contributed by atoms with Crippen molar-refractivity contribution in [2.75, 3.05) is 25.6 Å². The number of hydrogen-bond acceptors (Lipinski definition) is 3. The van der Waals surface area contributed by atoms with Crippen molar-refractivity contribution in [1.29, 1.82) is 0 Å². The molecule has 0 atom stereocenters. The van der Waals surface area contributed by atoms with Gasteiger partial charge in [0, 0.05) is 20.6 Å². The standard InChI is InChI=1S/C8H13N3O/c1-10(2)8-9-6-7-11(8)4-3-5-12-7/h6H,3-5H2,1-2H3. The largest absolute Gasteiger partial charge is 0.478 e. The molecule has 0 N–H and O–H groups in total. The van der Waals surface area contributed by atoms with E-state index in [-0.39, 0.29) is 0 Å². The highest BCUT2D eigenvalue weighted by Gasteiger charge is 2.15. The van der Waals surface area contributed by atoms with Crippen molar-refractivity contribution >= 4 is 5.95 Å². The summed E-state index contributed by atoms with van der Waals surface area (Å²) in [5.74, 6) is 1.87. The van der Waals surface area contributed by atoms with E-state index < -0.39 is 0 Å². The van der Waals surface area contributed by atoms with Crippen LogP contribution in [0.3, 0.4) is 0 Å². The van der Waals surface area contributed by atoms with Gasteiger partial charge in [-0.05, 0) is 6.42 Å². The molecule has 1 aliphatic rings. The van der Waals surface area contributed by atoms with Crippen LogP contribution < -0.4 is 9.64 Å². The highest BCUT2D eigenvalue weighted by Crippen LogP contribution is 2.23. The molecule has 0 amide bonds. The molecule has 0 saturated carbocycles. The Bertz CT molecular complexity index is 280. The minimum Gasteiger partial charge on any atom is -0.478 e. The second-order valence-corrected chi connectivity index (χ2v) is 3.14.